The summed E-state index contributed by atoms with van der Waals surface area (Å²) in [5, 5.41) is 12.7. The summed E-state index contributed by atoms with van der Waals surface area (Å²) in [5.41, 5.74) is 24.8. The highest BCUT2D eigenvalue weighted by Gasteiger charge is 2.22. The number of aromatic nitrogens is 2. The maximum absolute atomic E-state index is 2.51. The molecule has 2 heteroatoms. The fraction of sp³-hybridized carbons (Fsp3) is 0.0278. The molecule has 0 fully saturated rings. The molecule has 0 amide bonds. The smallest absolute Gasteiger partial charge is 0.0620 e. The minimum atomic E-state index is 1.19. The van der Waals surface area contributed by atoms with Gasteiger partial charge in [-0.15, -0.1) is 0 Å². The number of hydrogen-bond donors (Lipinski definition) is 0. The molecule has 16 rings (SSSR count). The van der Waals surface area contributed by atoms with Crippen molar-refractivity contribution in [3.05, 3.63) is 254 Å². The fourth-order valence-corrected chi connectivity index (χ4v) is 13.1. The second-order valence-corrected chi connectivity index (χ2v) is 20.5. The van der Waals surface area contributed by atoms with E-state index in [1.54, 1.807) is 0 Å². The van der Waals surface area contributed by atoms with Crippen molar-refractivity contribution in [2.45, 2.75) is 13.8 Å². The Bertz CT molecular complexity index is 4930. The third-order valence-electron chi connectivity index (χ3n) is 16.3. The number of para-hydroxylation sites is 3. The van der Waals surface area contributed by atoms with Crippen molar-refractivity contribution in [1.29, 1.82) is 0 Å². The zero-order chi connectivity index (χ0) is 48.8. The van der Waals surface area contributed by atoms with Gasteiger partial charge in [0.1, 0.15) is 0 Å². The van der Waals surface area contributed by atoms with Crippen LogP contribution >= 0.6 is 0 Å². The molecule has 0 spiro atoms. The molecule has 0 saturated heterocycles. The van der Waals surface area contributed by atoms with Gasteiger partial charge in [-0.3, -0.25) is 0 Å². The minimum Gasteiger partial charge on any atom is -0.308 e. The molecule has 74 heavy (non-hydrogen) atoms. The van der Waals surface area contributed by atoms with E-state index in [2.05, 4.69) is 265 Å². The molecule has 4 aromatic heterocycles. The molecule has 2 nitrogen and oxygen atoms in total. The Morgan fingerprint density at radius 2 is 0.622 bits per heavy atom. The van der Waals surface area contributed by atoms with E-state index in [1.807, 2.05) is 0 Å². The van der Waals surface area contributed by atoms with Crippen molar-refractivity contribution in [1.82, 2.24) is 8.80 Å². The quantitative estimate of drug-likeness (QED) is 0.157. The molecule has 344 valence electrons. The third kappa shape index (κ3) is 5.94. The standard InChI is InChI=1S/C72H46N2/c1-43-33-52(45-15-5-3-6-16-45)34-44(2)70(43)51-29-32-69-65(42-51)60-25-14-24-59-64-41-50(28-31-68(64)74(69)72(59)60)61-38-47-19-9-10-20-48(47)39-62(61)55-36-53(46-17-7-4-8-18-46)35-54(37-55)49-27-30-67-63(40-49)58-23-13-22-57-56-21-11-12-26-66(56)73(67)71(57)58/h3-42H,1-2H3. The SMILES string of the molecule is Cc1cc(-c2ccccc2)cc(C)c1-c1ccc2c(c1)c1cccc3c4cc(-c5cc6ccccc6cc5-c5cc(-c6ccccc6)cc(-c6ccc7c(c6)c6cccc8c9ccccc9n7c86)c5)ccc4n2c31. The molecular formula is C72H46N2. The van der Waals surface area contributed by atoms with E-state index in [0.29, 0.717) is 0 Å². The maximum Gasteiger partial charge on any atom is 0.0620 e. The Labute approximate surface area is 427 Å². The number of hydrogen-bond acceptors (Lipinski definition) is 0. The summed E-state index contributed by atoms with van der Waals surface area (Å²) in [5.74, 6) is 0. The first kappa shape index (κ1) is 41.2. The Morgan fingerprint density at radius 1 is 0.230 bits per heavy atom. The first-order valence-corrected chi connectivity index (χ1v) is 25.8. The Morgan fingerprint density at radius 3 is 1.20 bits per heavy atom. The highest BCUT2D eigenvalue weighted by molar-refractivity contribution is 6.25. The van der Waals surface area contributed by atoms with Crippen LogP contribution in [0, 0.1) is 13.8 Å². The normalized spacial score (nSPS) is 12.2. The summed E-state index contributed by atoms with van der Waals surface area (Å²) < 4.78 is 4.97. The minimum absolute atomic E-state index is 1.19. The molecule has 16 aromatic rings. The molecule has 0 N–H and O–H groups in total. The van der Waals surface area contributed by atoms with Crippen LogP contribution in [0.15, 0.2) is 243 Å². The number of aryl methyl sites for hydroxylation is 2. The van der Waals surface area contributed by atoms with Crippen molar-refractivity contribution < 1.29 is 0 Å². The van der Waals surface area contributed by atoms with E-state index in [-0.39, 0.29) is 0 Å². The second-order valence-electron chi connectivity index (χ2n) is 20.5. The summed E-state index contributed by atoms with van der Waals surface area (Å²) in [6.45, 7) is 4.51. The Balaban J connectivity index is 0.866. The lowest BCUT2D eigenvalue weighted by Crippen LogP contribution is -1.91. The van der Waals surface area contributed by atoms with Gasteiger partial charge in [0.15, 0.2) is 0 Å². The predicted octanol–water partition coefficient (Wildman–Crippen LogP) is 19.8. The van der Waals surface area contributed by atoms with E-state index in [9.17, 15) is 0 Å². The van der Waals surface area contributed by atoms with E-state index in [0.717, 1.165) is 0 Å². The van der Waals surface area contributed by atoms with E-state index < -0.39 is 0 Å². The van der Waals surface area contributed by atoms with Gasteiger partial charge in [0.2, 0.25) is 0 Å². The molecule has 0 aliphatic carbocycles. The summed E-state index contributed by atoms with van der Waals surface area (Å²) in [6.07, 6.45) is 0. The molecule has 4 heterocycles. The lowest BCUT2D eigenvalue weighted by atomic mass is 9.87. The number of nitrogens with zero attached hydrogens (tertiary/aromatic N) is 2. The fourth-order valence-electron chi connectivity index (χ4n) is 13.1. The van der Waals surface area contributed by atoms with E-state index in [4.69, 9.17) is 0 Å². The monoisotopic (exact) mass is 938 g/mol. The number of rotatable bonds is 6. The van der Waals surface area contributed by atoms with Gasteiger partial charge in [0.05, 0.1) is 33.1 Å². The van der Waals surface area contributed by atoms with Crippen LogP contribution in [0.1, 0.15) is 11.1 Å². The first-order chi connectivity index (χ1) is 36.5. The Kier molecular flexibility index (Phi) is 8.62. The van der Waals surface area contributed by atoms with Crippen LogP contribution in [-0.4, -0.2) is 8.80 Å². The molecule has 0 bridgehead atoms. The summed E-state index contributed by atoms with van der Waals surface area (Å²) in [4.78, 5) is 0. The van der Waals surface area contributed by atoms with Crippen LogP contribution in [-0.2, 0) is 0 Å². The largest absolute Gasteiger partial charge is 0.308 e. The number of fused-ring (bicyclic) bond motifs is 13. The molecule has 0 atom stereocenters. The average molecular weight is 939 g/mol. The molecule has 0 aliphatic heterocycles. The van der Waals surface area contributed by atoms with Crippen molar-refractivity contribution >= 4 is 87.0 Å². The van der Waals surface area contributed by atoms with Crippen LogP contribution < -0.4 is 0 Å². The average Bonchev–Trinajstić information content (AvgIpc) is 4.23. The van der Waals surface area contributed by atoms with Crippen LogP contribution in [0.3, 0.4) is 0 Å². The van der Waals surface area contributed by atoms with Crippen molar-refractivity contribution in [3.63, 3.8) is 0 Å². The summed E-state index contributed by atoms with van der Waals surface area (Å²) >= 11 is 0. The van der Waals surface area contributed by atoms with Gasteiger partial charge in [0.25, 0.3) is 0 Å². The zero-order valence-electron chi connectivity index (χ0n) is 41.0. The third-order valence-corrected chi connectivity index (χ3v) is 16.3. The van der Waals surface area contributed by atoms with Gasteiger partial charge in [0, 0.05) is 43.1 Å². The predicted molar refractivity (Wildman–Crippen MR) is 315 cm³/mol. The van der Waals surface area contributed by atoms with Gasteiger partial charge in [-0.25, -0.2) is 0 Å². The van der Waals surface area contributed by atoms with Crippen LogP contribution in [0.25, 0.3) is 154 Å². The van der Waals surface area contributed by atoms with Crippen molar-refractivity contribution in [3.8, 4) is 66.8 Å². The van der Waals surface area contributed by atoms with Crippen LogP contribution in [0.5, 0.6) is 0 Å². The highest BCUT2D eigenvalue weighted by atomic mass is 14.9. The highest BCUT2D eigenvalue weighted by Crippen LogP contribution is 2.46. The van der Waals surface area contributed by atoms with Gasteiger partial charge in [-0.1, -0.05) is 170 Å². The first-order valence-electron chi connectivity index (χ1n) is 25.8. The van der Waals surface area contributed by atoms with Crippen LogP contribution in [0.4, 0.5) is 0 Å². The van der Waals surface area contributed by atoms with Crippen LogP contribution in [0.2, 0.25) is 0 Å². The topological polar surface area (TPSA) is 8.82 Å². The van der Waals surface area contributed by atoms with Gasteiger partial charge in [-0.05, 0) is 175 Å². The van der Waals surface area contributed by atoms with Gasteiger partial charge < -0.3 is 8.80 Å². The lowest BCUT2D eigenvalue weighted by Gasteiger charge is -2.16. The second kappa shape index (κ2) is 15.5. The maximum atomic E-state index is 2.51. The summed E-state index contributed by atoms with van der Waals surface area (Å²) in [7, 11) is 0. The van der Waals surface area contributed by atoms with Gasteiger partial charge >= 0.3 is 0 Å². The Hall–Kier alpha value is -9.50. The molecule has 0 unspecified atom stereocenters. The molecule has 12 aromatic carbocycles. The molecule has 0 radical (unpaired) electrons. The molecular weight excluding hydrogens is 893 g/mol. The lowest BCUT2D eigenvalue weighted by molar-refractivity contribution is 1.36. The van der Waals surface area contributed by atoms with E-state index in [1.165, 1.54) is 165 Å². The van der Waals surface area contributed by atoms with Gasteiger partial charge in [-0.2, -0.15) is 0 Å². The number of benzene rings is 12. The molecule has 0 aliphatic rings. The summed E-state index contributed by atoms with van der Waals surface area (Å²) in [6, 6.07) is 90.9. The van der Waals surface area contributed by atoms with E-state index >= 15 is 0 Å². The van der Waals surface area contributed by atoms with Crippen molar-refractivity contribution in [2.24, 2.45) is 0 Å². The van der Waals surface area contributed by atoms with Crippen molar-refractivity contribution in [2.75, 3.05) is 0 Å². The zero-order valence-corrected chi connectivity index (χ0v) is 41.0. The molecule has 0 saturated carbocycles.